The number of nitrogens with one attached hydrogen (secondary N) is 2. The minimum atomic E-state index is -1.17. The average Bonchev–Trinajstić information content (AvgIpc) is 3.16. The number of carbonyl (C=O) groups is 2. The normalized spacial score (nSPS) is 12.9. The Labute approximate surface area is 183 Å². The monoisotopic (exact) mass is 446 g/mol. The molecule has 3 rings (SSSR count). The number of hydrogen-bond acceptors (Lipinski definition) is 4. The number of aromatic nitrogens is 2. The maximum atomic E-state index is 13.9. The Hall–Kier alpha value is -3.69. The van der Waals surface area contributed by atoms with Crippen LogP contribution < -0.4 is 15.4 Å². The fourth-order valence-electron chi connectivity index (χ4n) is 3.46. The van der Waals surface area contributed by atoms with Crippen LogP contribution in [0, 0.1) is 11.6 Å². The van der Waals surface area contributed by atoms with E-state index < -0.39 is 29.2 Å². The van der Waals surface area contributed by atoms with E-state index in [4.69, 9.17) is 9.84 Å². The number of benzene rings is 1. The van der Waals surface area contributed by atoms with E-state index >= 15 is 0 Å². The summed E-state index contributed by atoms with van der Waals surface area (Å²) in [4.78, 5) is 28.0. The molecule has 3 aromatic rings. The summed E-state index contributed by atoms with van der Waals surface area (Å²) in [5.41, 5.74) is -0.527. The van der Waals surface area contributed by atoms with Crippen LogP contribution in [0.3, 0.4) is 0 Å². The highest BCUT2D eigenvalue weighted by Gasteiger charge is 2.27. The van der Waals surface area contributed by atoms with E-state index in [9.17, 15) is 18.4 Å². The van der Waals surface area contributed by atoms with Gasteiger partial charge < -0.3 is 20.5 Å². The van der Waals surface area contributed by atoms with Crippen LogP contribution in [-0.2, 0) is 6.61 Å². The van der Waals surface area contributed by atoms with Crippen molar-refractivity contribution in [3.8, 4) is 5.75 Å². The quantitative estimate of drug-likeness (QED) is 0.464. The summed E-state index contributed by atoms with van der Waals surface area (Å²) in [6, 6.07) is 6.76. The Morgan fingerprint density at radius 3 is 2.59 bits per heavy atom. The van der Waals surface area contributed by atoms with Crippen molar-refractivity contribution in [2.24, 2.45) is 0 Å². The zero-order chi connectivity index (χ0) is 23.3. The minimum absolute atomic E-state index is 0.0853. The van der Waals surface area contributed by atoms with Gasteiger partial charge in [-0.1, -0.05) is 19.4 Å². The summed E-state index contributed by atoms with van der Waals surface area (Å²) < 4.78 is 34.8. The first-order chi connectivity index (χ1) is 15.2. The van der Waals surface area contributed by atoms with E-state index in [1.807, 2.05) is 6.92 Å². The van der Waals surface area contributed by atoms with Crippen LogP contribution in [0.15, 0.2) is 42.7 Å². The summed E-state index contributed by atoms with van der Waals surface area (Å²) in [6.07, 6.45) is 3.05. The van der Waals surface area contributed by atoms with Crippen LogP contribution in [0.5, 0.6) is 5.75 Å². The maximum absolute atomic E-state index is 13.9. The van der Waals surface area contributed by atoms with E-state index in [1.54, 1.807) is 25.3 Å². The lowest BCUT2D eigenvalue weighted by Crippen LogP contribution is -2.53. The van der Waals surface area contributed by atoms with Crippen molar-refractivity contribution in [1.29, 1.82) is 0 Å². The molecule has 2 heterocycles. The highest BCUT2D eigenvalue weighted by atomic mass is 19.1. The number of nitrogens with zero attached hydrogens (tertiary/aromatic N) is 2. The predicted octanol–water partition coefficient (Wildman–Crippen LogP) is 3.75. The molecule has 1 aromatic carbocycles. The number of carbonyl (C=O) groups excluding carboxylic acids is 1. The molecule has 0 fully saturated rings. The van der Waals surface area contributed by atoms with Crippen LogP contribution >= 0.6 is 0 Å². The van der Waals surface area contributed by atoms with Gasteiger partial charge in [0.1, 0.15) is 23.9 Å². The van der Waals surface area contributed by atoms with Crippen LogP contribution in [0.2, 0.25) is 0 Å². The third-order valence-electron chi connectivity index (χ3n) is 5.02. The Balaban J connectivity index is 1.76. The van der Waals surface area contributed by atoms with E-state index in [1.165, 1.54) is 16.7 Å². The summed E-state index contributed by atoms with van der Waals surface area (Å²) in [6.45, 7) is 3.38. The number of hydrogen-bond donors (Lipinski definition) is 3. The molecule has 1 unspecified atom stereocenters. The second-order valence-corrected chi connectivity index (χ2v) is 7.62. The molecule has 0 aliphatic heterocycles. The third kappa shape index (κ3) is 5.13. The summed E-state index contributed by atoms with van der Waals surface area (Å²) in [7, 11) is 0. The van der Waals surface area contributed by atoms with E-state index in [0.29, 0.717) is 12.1 Å². The van der Waals surface area contributed by atoms with Crippen LogP contribution in [0.1, 0.15) is 42.7 Å². The second kappa shape index (κ2) is 9.63. The molecule has 0 saturated carbocycles. The zero-order valence-corrected chi connectivity index (χ0v) is 17.7. The number of rotatable bonds is 9. The van der Waals surface area contributed by atoms with Gasteiger partial charge in [-0.3, -0.25) is 9.20 Å². The molecule has 0 radical (unpaired) electrons. The van der Waals surface area contributed by atoms with Gasteiger partial charge >= 0.3 is 6.09 Å². The highest BCUT2D eigenvalue weighted by Crippen LogP contribution is 2.22. The van der Waals surface area contributed by atoms with E-state index in [0.717, 1.165) is 18.6 Å². The predicted molar refractivity (Wildman–Crippen MR) is 113 cm³/mol. The van der Waals surface area contributed by atoms with E-state index in [2.05, 4.69) is 15.6 Å². The number of pyridine rings is 1. The molecule has 0 bridgehead atoms. The molecule has 1 atom stereocenters. The number of imidazole rings is 1. The van der Waals surface area contributed by atoms with Crippen molar-refractivity contribution in [3.63, 3.8) is 0 Å². The number of carboxylic acid groups (broad SMARTS) is 1. The number of ether oxygens (including phenoxy) is 1. The molecule has 2 amide bonds. The standard InChI is InChI=1S/C22H24F2N4O4/c1-3-9-22(2,27-21(30)31)13-26-20(29)17-11-25-19-18(8-5-10-28(17)19)32-12-14-15(23)6-4-7-16(14)24/h4-8,10-11,27H,3,9,12-13H2,1-2H3,(H,26,29)(H,30,31). The fourth-order valence-corrected chi connectivity index (χ4v) is 3.46. The first-order valence-corrected chi connectivity index (χ1v) is 10.0. The lowest BCUT2D eigenvalue weighted by Gasteiger charge is -2.29. The van der Waals surface area contributed by atoms with Crippen LogP contribution in [0.4, 0.5) is 13.6 Å². The van der Waals surface area contributed by atoms with Crippen LogP contribution in [-0.4, -0.2) is 38.6 Å². The molecule has 0 spiro atoms. The zero-order valence-electron chi connectivity index (χ0n) is 17.7. The topological polar surface area (TPSA) is 105 Å². The Kier molecular flexibility index (Phi) is 6.92. The lowest BCUT2D eigenvalue weighted by molar-refractivity contribution is 0.0930. The van der Waals surface area contributed by atoms with E-state index in [-0.39, 0.29) is 30.2 Å². The van der Waals surface area contributed by atoms with Gasteiger partial charge in [0.05, 0.1) is 17.3 Å². The lowest BCUT2D eigenvalue weighted by atomic mass is 9.96. The molecule has 0 aliphatic carbocycles. The number of halogens is 2. The largest absolute Gasteiger partial charge is 0.485 e. The summed E-state index contributed by atoms with van der Waals surface area (Å²) >= 11 is 0. The van der Waals surface area contributed by atoms with Crippen molar-refractivity contribution in [1.82, 2.24) is 20.0 Å². The van der Waals surface area contributed by atoms with Crippen molar-refractivity contribution in [3.05, 3.63) is 65.6 Å². The minimum Gasteiger partial charge on any atom is -0.485 e. The molecule has 0 aliphatic rings. The Morgan fingerprint density at radius 1 is 1.22 bits per heavy atom. The Morgan fingerprint density at radius 2 is 1.94 bits per heavy atom. The molecule has 0 saturated heterocycles. The molecule has 2 aromatic heterocycles. The highest BCUT2D eigenvalue weighted by molar-refractivity contribution is 5.93. The fraction of sp³-hybridized carbons (Fsp3) is 0.318. The average molecular weight is 446 g/mol. The maximum Gasteiger partial charge on any atom is 0.405 e. The van der Waals surface area contributed by atoms with Crippen molar-refractivity contribution >= 4 is 17.6 Å². The van der Waals surface area contributed by atoms with Gasteiger partial charge in [0.15, 0.2) is 11.4 Å². The van der Waals surface area contributed by atoms with Crippen LogP contribution in [0.25, 0.3) is 5.65 Å². The SMILES string of the molecule is CCCC(C)(CNC(=O)c1cnc2c(OCc3c(F)cccc3F)cccn12)NC(=O)O. The molecular formula is C22H24F2N4O4. The second-order valence-electron chi connectivity index (χ2n) is 7.62. The van der Waals surface area contributed by atoms with Gasteiger partial charge in [0, 0.05) is 12.7 Å². The van der Waals surface area contributed by atoms with Crippen molar-refractivity contribution in [2.75, 3.05) is 6.54 Å². The summed E-state index contributed by atoms with van der Waals surface area (Å²) in [5.74, 6) is -1.64. The Bertz CT molecular complexity index is 1110. The van der Waals surface area contributed by atoms with Gasteiger partial charge in [-0.15, -0.1) is 0 Å². The van der Waals surface area contributed by atoms with Crippen molar-refractivity contribution < 1.29 is 28.2 Å². The van der Waals surface area contributed by atoms with Gasteiger partial charge in [0.25, 0.3) is 5.91 Å². The van der Waals surface area contributed by atoms with Gasteiger partial charge in [-0.05, 0) is 37.6 Å². The van der Waals surface area contributed by atoms with Gasteiger partial charge in [-0.25, -0.2) is 18.6 Å². The molecule has 3 N–H and O–H groups in total. The smallest absolute Gasteiger partial charge is 0.405 e. The number of amides is 2. The molecule has 8 nitrogen and oxygen atoms in total. The van der Waals surface area contributed by atoms with Gasteiger partial charge in [0.2, 0.25) is 0 Å². The first-order valence-electron chi connectivity index (χ1n) is 10.0. The first kappa shape index (κ1) is 23.0. The summed E-state index contributed by atoms with van der Waals surface area (Å²) in [5, 5.41) is 14.2. The van der Waals surface area contributed by atoms with Crippen molar-refractivity contribution in [2.45, 2.75) is 38.8 Å². The van der Waals surface area contributed by atoms with Gasteiger partial charge in [-0.2, -0.15) is 0 Å². The molecular weight excluding hydrogens is 422 g/mol. The molecule has 170 valence electrons. The number of fused-ring (bicyclic) bond motifs is 1. The molecule has 10 heteroatoms. The molecule has 32 heavy (non-hydrogen) atoms. The third-order valence-corrected chi connectivity index (χ3v) is 5.02.